The summed E-state index contributed by atoms with van der Waals surface area (Å²) in [7, 11) is 1.58. The Bertz CT molecular complexity index is 816. The summed E-state index contributed by atoms with van der Waals surface area (Å²) in [5.41, 5.74) is 3.11. The molecule has 1 aliphatic rings. The van der Waals surface area contributed by atoms with E-state index >= 15 is 0 Å². The predicted molar refractivity (Wildman–Crippen MR) is 106 cm³/mol. The van der Waals surface area contributed by atoms with Crippen LogP contribution >= 0.6 is 0 Å². The van der Waals surface area contributed by atoms with E-state index in [0.717, 1.165) is 13.0 Å². The first-order chi connectivity index (χ1) is 13.1. The fourth-order valence-electron chi connectivity index (χ4n) is 2.98. The molecular formula is C21H23N3O3. The summed E-state index contributed by atoms with van der Waals surface area (Å²) < 4.78 is 5.07. The molecule has 3 rings (SSSR count). The van der Waals surface area contributed by atoms with Gasteiger partial charge >= 0.3 is 6.03 Å². The third-order valence-corrected chi connectivity index (χ3v) is 4.41. The van der Waals surface area contributed by atoms with Gasteiger partial charge in [0.25, 0.3) is 0 Å². The van der Waals surface area contributed by atoms with Gasteiger partial charge in [0.2, 0.25) is 5.91 Å². The van der Waals surface area contributed by atoms with E-state index in [1.807, 2.05) is 23.1 Å². The van der Waals surface area contributed by atoms with Gasteiger partial charge in [-0.3, -0.25) is 15.0 Å². The molecule has 0 saturated carbocycles. The molecule has 0 bridgehead atoms. The summed E-state index contributed by atoms with van der Waals surface area (Å²) in [6.45, 7) is 1.67. The van der Waals surface area contributed by atoms with Gasteiger partial charge < -0.3 is 10.1 Å². The Labute approximate surface area is 158 Å². The molecule has 0 atom stereocenters. The van der Waals surface area contributed by atoms with Crippen molar-refractivity contribution in [1.29, 1.82) is 0 Å². The molecule has 0 aliphatic carbocycles. The topological polar surface area (TPSA) is 70.7 Å². The van der Waals surface area contributed by atoms with E-state index in [1.54, 1.807) is 31.4 Å². The standard InChI is InChI=1S/C21H23N3O3/c1-27-19-9-7-18(8-10-19)22-21(26)23-20(25)15-24-13-11-17(12-14-24)16-5-3-2-4-6-16/h2-11H,12-15H2,1H3,(H2,22,23,25,26). The van der Waals surface area contributed by atoms with Gasteiger partial charge in [0.1, 0.15) is 5.75 Å². The highest BCUT2D eigenvalue weighted by molar-refractivity contribution is 6.01. The summed E-state index contributed by atoms with van der Waals surface area (Å²) in [6, 6.07) is 16.6. The van der Waals surface area contributed by atoms with Crippen molar-refractivity contribution in [3.63, 3.8) is 0 Å². The second-order valence-electron chi connectivity index (χ2n) is 6.31. The first-order valence-corrected chi connectivity index (χ1v) is 8.86. The van der Waals surface area contributed by atoms with Gasteiger partial charge in [-0.25, -0.2) is 4.79 Å². The number of methoxy groups -OCH3 is 1. The van der Waals surface area contributed by atoms with E-state index in [1.165, 1.54) is 11.1 Å². The van der Waals surface area contributed by atoms with Crippen LogP contribution in [-0.4, -0.2) is 43.6 Å². The van der Waals surface area contributed by atoms with Crippen LogP contribution in [0.2, 0.25) is 0 Å². The van der Waals surface area contributed by atoms with Gasteiger partial charge in [0.05, 0.1) is 13.7 Å². The molecule has 0 fully saturated rings. The maximum atomic E-state index is 12.1. The number of benzene rings is 2. The lowest BCUT2D eigenvalue weighted by molar-refractivity contribution is -0.121. The van der Waals surface area contributed by atoms with E-state index in [2.05, 4.69) is 28.8 Å². The number of carbonyl (C=O) groups is 2. The lowest BCUT2D eigenvalue weighted by atomic mass is 10.00. The quantitative estimate of drug-likeness (QED) is 0.854. The zero-order valence-electron chi connectivity index (χ0n) is 15.3. The number of carbonyl (C=O) groups excluding carboxylic acids is 2. The number of urea groups is 1. The zero-order valence-corrected chi connectivity index (χ0v) is 15.3. The Morgan fingerprint density at radius 3 is 2.44 bits per heavy atom. The minimum Gasteiger partial charge on any atom is -0.497 e. The van der Waals surface area contributed by atoms with Crippen LogP contribution in [0.1, 0.15) is 12.0 Å². The van der Waals surface area contributed by atoms with Gasteiger partial charge in [-0.05, 0) is 41.8 Å². The number of rotatable bonds is 5. The zero-order chi connectivity index (χ0) is 19.1. The normalized spacial score (nSPS) is 14.2. The van der Waals surface area contributed by atoms with Crippen LogP contribution in [0.4, 0.5) is 10.5 Å². The highest BCUT2D eigenvalue weighted by Gasteiger charge is 2.17. The highest BCUT2D eigenvalue weighted by Crippen LogP contribution is 2.21. The Kier molecular flexibility index (Phi) is 6.22. The molecule has 27 heavy (non-hydrogen) atoms. The number of hydrogen-bond acceptors (Lipinski definition) is 4. The van der Waals surface area contributed by atoms with Crippen molar-refractivity contribution in [3.8, 4) is 5.75 Å². The second kappa shape index (κ2) is 9.00. The minimum atomic E-state index is -0.539. The molecule has 140 valence electrons. The number of imide groups is 1. The smallest absolute Gasteiger partial charge is 0.325 e. The Hall–Kier alpha value is -3.12. The van der Waals surface area contributed by atoms with Gasteiger partial charge in [0.15, 0.2) is 0 Å². The lowest BCUT2D eigenvalue weighted by Gasteiger charge is -2.25. The van der Waals surface area contributed by atoms with E-state index in [9.17, 15) is 9.59 Å². The molecule has 0 aromatic heterocycles. The summed E-state index contributed by atoms with van der Waals surface area (Å²) in [5, 5.41) is 5.00. The number of anilines is 1. The summed E-state index contributed by atoms with van der Waals surface area (Å²) in [5.74, 6) is 0.377. The summed E-state index contributed by atoms with van der Waals surface area (Å²) in [4.78, 5) is 26.1. The second-order valence-corrected chi connectivity index (χ2v) is 6.31. The number of hydrogen-bond donors (Lipinski definition) is 2. The highest BCUT2D eigenvalue weighted by atomic mass is 16.5. The van der Waals surface area contributed by atoms with Crippen LogP contribution in [0, 0.1) is 0 Å². The monoisotopic (exact) mass is 365 g/mol. The van der Waals surface area contributed by atoms with Crippen LogP contribution in [0.25, 0.3) is 5.57 Å². The number of amides is 3. The number of nitrogens with one attached hydrogen (secondary N) is 2. The minimum absolute atomic E-state index is 0.189. The van der Waals surface area contributed by atoms with E-state index in [0.29, 0.717) is 18.0 Å². The summed E-state index contributed by atoms with van der Waals surface area (Å²) in [6.07, 6.45) is 3.03. The van der Waals surface area contributed by atoms with Crippen molar-refractivity contribution in [2.45, 2.75) is 6.42 Å². The molecular weight excluding hydrogens is 342 g/mol. The third-order valence-electron chi connectivity index (χ3n) is 4.41. The van der Waals surface area contributed by atoms with Crippen molar-refractivity contribution in [2.75, 3.05) is 32.1 Å². The van der Waals surface area contributed by atoms with Crippen molar-refractivity contribution >= 4 is 23.2 Å². The van der Waals surface area contributed by atoms with E-state index in [4.69, 9.17) is 4.74 Å². The van der Waals surface area contributed by atoms with Crippen LogP contribution in [-0.2, 0) is 4.79 Å². The Morgan fingerprint density at radius 2 is 1.81 bits per heavy atom. The maximum absolute atomic E-state index is 12.1. The SMILES string of the molecule is COc1ccc(NC(=O)NC(=O)CN2CC=C(c3ccccc3)CC2)cc1. The Morgan fingerprint density at radius 1 is 1.07 bits per heavy atom. The molecule has 1 heterocycles. The molecule has 2 N–H and O–H groups in total. The first-order valence-electron chi connectivity index (χ1n) is 8.86. The third kappa shape index (κ3) is 5.43. The predicted octanol–water partition coefficient (Wildman–Crippen LogP) is 3.13. The van der Waals surface area contributed by atoms with Crippen molar-refractivity contribution in [2.24, 2.45) is 0 Å². The van der Waals surface area contributed by atoms with Crippen molar-refractivity contribution in [1.82, 2.24) is 10.2 Å². The molecule has 0 radical (unpaired) electrons. The molecule has 0 unspecified atom stereocenters. The average molecular weight is 365 g/mol. The molecule has 0 saturated heterocycles. The molecule has 1 aliphatic heterocycles. The average Bonchev–Trinajstić information content (AvgIpc) is 2.69. The first kappa shape index (κ1) is 18.7. The number of ether oxygens (including phenoxy) is 1. The van der Waals surface area contributed by atoms with Gasteiger partial charge in [0, 0.05) is 18.8 Å². The van der Waals surface area contributed by atoms with Gasteiger partial charge in [-0.15, -0.1) is 0 Å². The fraction of sp³-hybridized carbons (Fsp3) is 0.238. The molecule has 0 spiro atoms. The maximum Gasteiger partial charge on any atom is 0.325 e. The molecule has 6 nitrogen and oxygen atoms in total. The van der Waals surface area contributed by atoms with Crippen molar-refractivity contribution < 1.29 is 14.3 Å². The molecule has 3 amide bonds. The fourth-order valence-corrected chi connectivity index (χ4v) is 2.98. The van der Waals surface area contributed by atoms with E-state index in [-0.39, 0.29) is 12.5 Å². The van der Waals surface area contributed by atoms with Crippen LogP contribution in [0.5, 0.6) is 5.75 Å². The van der Waals surface area contributed by atoms with Crippen LogP contribution in [0.3, 0.4) is 0 Å². The summed E-state index contributed by atoms with van der Waals surface area (Å²) >= 11 is 0. The van der Waals surface area contributed by atoms with Crippen LogP contribution < -0.4 is 15.4 Å². The van der Waals surface area contributed by atoms with Crippen LogP contribution in [0.15, 0.2) is 60.7 Å². The number of nitrogens with zero attached hydrogens (tertiary/aromatic N) is 1. The lowest BCUT2D eigenvalue weighted by Crippen LogP contribution is -2.43. The molecule has 2 aromatic carbocycles. The largest absolute Gasteiger partial charge is 0.497 e. The van der Waals surface area contributed by atoms with Crippen molar-refractivity contribution in [3.05, 3.63) is 66.2 Å². The Balaban J connectivity index is 1.45. The molecule has 6 heteroatoms. The molecule has 2 aromatic rings. The van der Waals surface area contributed by atoms with Gasteiger partial charge in [-0.1, -0.05) is 36.4 Å². The van der Waals surface area contributed by atoms with E-state index < -0.39 is 6.03 Å². The van der Waals surface area contributed by atoms with Gasteiger partial charge in [-0.2, -0.15) is 0 Å².